The van der Waals surface area contributed by atoms with Crippen LogP contribution in [0.4, 0.5) is 15.9 Å². The van der Waals surface area contributed by atoms with E-state index in [-0.39, 0.29) is 17.0 Å². The number of aromatic nitrogens is 1. The summed E-state index contributed by atoms with van der Waals surface area (Å²) in [6, 6.07) is 9.08. The van der Waals surface area contributed by atoms with Crippen molar-refractivity contribution in [3.63, 3.8) is 0 Å². The van der Waals surface area contributed by atoms with Gasteiger partial charge in [-0.25, -0.2) is 9.37 Å². The maximum atomic E-state index is 13.1. The minimum absolute atomic E-state index is 0.170. The van der Waals surface area contributed by atoms with Crippen molar-refractivity contribution in [2.24, 2.45) is 0 Å². The molecule has 8 heteroatoms. The van der Waals surface area contributed by atoms with Gasteiger partial charge in [-0.05, 0) is 37.3 Å². The lowest BCUT2D eigenvalue weighted by Crippen LogP contribution is -2.53. The van der Waals surface area contributed by atoms with Gasteiger partial charge in [-0.1, -0.05) is 11.6 Å². The molecule has 140 valence electrons. The van der Waals surface area contributed by atoms with Gasteiger partial charge in [-0.15, -0.1) is 0 Å². The number of carbonyl (C=O) groups is 1. The zero-order chi connectivity index (χ0) is 19.4. The lowest BCUT2D eigenvalue weighted by Gasteiger charge is -2.38. The van der Waals surface area contributed by atoms with Gasteiger partial charge in [0.15, 0.2) is 0 Å². The third-order valence-corrected chi connectivity index (χ3v) is 4.94. The zero-order valence-corrected chi connectivity index (χ0v) is 15.6. The highest BCUT2D eigenvalue weighted by Gasteiger charge is 2.26. The Morgan fingerprint density at radius 2 is 2.04 bits per heavy atom. The Labute approximate surface area is 162 Å². The molecule has 1 fully saturated rings. The Kier molecular flexibility index (Phi) is 5.89. The molecule has 3 rings (SSSR count). The number of anilines is 2. The molecule has 1 aliphatic rings. The standard InChI is InChI=1S/C19H19ClFN5O/c1-13(19(27)24-17-3-2-15(21)11-16(17)20)25-6-8-26(9-7-25)18-10-14(12-22)4-5-23-18/h2-5,10-11,13H,6-9H2,1H3,(H,24,27). The number of benzene rings is 1. The largest absolute Gasteiger partial charge is 0.354 e. The Hall–Kier alpha value is -2.69. The van der Waals surface area contributed by atoms with Crippen LogP contribution < -0.4 is 10.2 Å². The van der Waals surface area contributed by atoms with E-state index in [4.69, 9.17) is 16.9 Å². The van der Waals surface area contributed by atoms with Crippen LogP contribution in [-0.2, 0) is 4.79 Å². The molecule has 1 aromatic heterocycles. The fourth-order valence-electron chi connectivity index (χ4n) is 2.99. The predicted octanol–water partition coefficient (Wildman–Crippen LogP) is 2.89. The van der Waals surface area contributed by atoms with Gasteiger partial charge in [0.1, 0.15) is 11.6 Å². The third kappa shape index (κ3) is 4.54. The summed E-state index contributed by atoms with van der Waals surface area (Å²) in [7, 11) is 0. The predicted molar refractivity (Wildman–Crippen MR) is 102 cm³/mol. The van der Waals surface area contributed by atoms with E-state index in [1.54, 1.807) is 18.3 Å². The summed E-state index contributed by atoms with van der Waals surface area (Å²) in [5.74, 6) is 0.127. The van der Waals surface area contributed by atoms with Crippen molar-refractivity contribution < 1.29 is 9.18 Å². The first-order chi connectivity index (χ1) is 13.0. The first kappa shape index (κ1) is 19.1. The second kappa shape index (κ2) is 8.33. The van der Waals surface area contributed by atoms with E-state index in [1.165, 1.54) is 18.2 Å². The fourth-order valence-corrected chi connectivity index (χ4v) is 3.21. The molecule has 0 aliphatic carbocycles. The summed E-state index contributed by atoms with van der Waals surface area (Å²) in [6.07, 6.45) is 1.63. The van der Waals surface area contributed by atoms with E-state index >= 15 is 0 Å². The number of nitrogens with zero attached hydrogens (tertiary/aromatic N) is 4. The molecule has 6 nitrogen and oxygen atoms in total. The van der Waals surface area contributed by atoms with Gasteiger partial charge < -0.3 is 10.2 Å². The van der Waals surface area contributed by atoms with E-state index < -0.39 is 5.82 Å². The van der Waals surface area contributed by atoms with E-state index in [9.17, 15) is 9.18 Å². The first-order valence-electron chi connectivity index (χ1n) is 8.59. The van der Waals surface area contributed by atoms with Gasteiger partial charge in [0.05, 0.1) is 28.4 Å². The quantitative estimate of drug-likeness (QED) is 0.873. The van der Waals surface area contributed by atoms with Gasteiger partial charge in [0, 0.05) is 32.4 Å². The van der Waals surface area contributed by atoms with Crippen molar-refractivity contribution in [3.8, 4) is 6.07 Å². The number of nitrogens with one attached hydrogen (secondary N) is 1. The molecule has 27 heavy (non-hydrogen) atoms. The molecule has 1 unspecified atom stereocenters. The highest BCUT2D eigenvalue weighted by molar-refractivity contribution is 6.33. The highest BCUT2D eigenvalue weighted by atomic mass is 35.5. The average molecular weight is 388 g/mol. The van der Waals surface area contributed by atoms with Gasteiger partial charge >= 0.3 is 0 Å². The topological polar surface area (TPSA) is 72.3 Å². The van der Waals surface area contributed by atoms with Gasteiger partial charge in [0.25, 0.3) is 0 Å². The van der Waals surface area contributed by atoms with Crippen LogP contribution in [0, 0.1) is 17.1 Å². The van der Waals surface area contributed by atoms with E-state index in [0.717, 1.165) is 5.82 Å². The Morgan fingerprint density at radius 1 is 1.30 bits per heavy atom. The molecule has 2 heterocycles. The van der Waals surface area contributed by atoms with Crippen molar-refractivity contribution in [3.05, 3.63) is 52.9 Å². The van der Waals surface area contributed by atoms with Crippen molar-refractivity contribution >= 4 is 29.0 Å². The van der Waals surface area contributed by atoms with Crippen LogP contribution in [0.2, 0.25) is 5.02 Å². The molecule has 0 spiro atoms. The third-order valence-electron chi connectivity index (χ3n) is 4.63. The fraction of sp³-hybridized carbons (Fsp3) is 0.316. The zero-order valence-electron chi connectivity index (χ0n) is 14.8. The molecule has 1 atom stereocenters. The Bertz CT molecular complexity index is 877. The summed E-state index contributed by atoms with van der Waals surface area (Å²) in [5.41, 5.74) is 0.970. The summed E-state index contributed by atoms with van der Waals surface area (Å²) in [6.45, 7) is 4.61. The number of hydrogen-bond donors (Lipinski definition) is 1. The molecule has 0 saturated carbocycles. The molecule has 0 radical (unpaired) electrons. The maximum absolute atomic E-state index is 13.1. The molecule has 1 amide bonds. The smallest absolute Gasteiger partial charge is 0.241 e. The molecular weight excluding hydrogens is 369 g/mol. The monoisotopic (exact) mass is 387 g/mol. The van der Waals surface area contributed by atoms with Crippen LogP contribution in [0.5, 0.6) is 0 Å². The molecule has 1 saturated heterocycles. The molecule has 1 aliphatic heterocycles. The van der Waals surface area contributed by atoms with E-state index in [0.29, 0.717) is 37.4 Å². The maximum Gasteiger partial charge on any atom is 0.241 e. The van der Waals surface area contributed by atoms with Gasteiger partial charge in [-0.3, -0.25) is 9.69 Å². The Morgan fingerprint density at radius 3 is 2.70 bits per heavy atom. The number of hydrogen-bond acceptors (Lipinski definition) is 5. The molecular formula is C19H19ClFN5O. The summed E-state index contributed by atoms with van der Waals surface area (Å²) in [5, 5.41) is 11.9. The van der Waals surface area contributed by atoms with Crippen LogP contribution in [0.25, 0.3) is 0 Å². The van der Waals surface area contributed by atoms with Crippen molar-refractivity contribution in [2.75, 3.05) is 36.4 Å². The number of pyridine rings is 1. The van der Waals surface area contributed by atoms with Crippen molar-refractivity contribution in [1.29, 1.82) is 5.26 Å². The molecule has 0 bridgehead atoms. The SMILES string of the molecule is CC(C(=O)Nc1ccc(F)cc1Cl)N1CCN(c2cc(C#N)ccn2)CC1. The van der Waals surface area contributed by atoms with E-state index in [2.05, 4.69) is 26.2 Å². The minimum atomic E-state index is -0.448. The minimum Gasteiger partial charge on any atom is -0.354 e. The van der Waals surface area contributed by atoms with Crippen LogP contribution >= 0.6 is 11.6 Å². The average Bonchev–Trinajstić information content (AvgIpc) is 2.69. The second-order valence-electron chi connectivity index (χ2n) is 6.33. The molecule has 1 N–H and O–H groups in total. The first-order valence-corrected chi connectivity index (χ1v) is 8.97. The van der Waals surface area contributed by atoms with Crippen LogP contribution in [0.1, 0.15) is 12.5 Å². The summed E-state index contributed by atoms with van der Waals surface area (Å²) < 4.78 is 13.1. The second-order valence-corrected chi connectivity index (χ2v) is 6.73. The lowest BCUT2D eigenvalue weighted by atomic mass is 10.2. The number of nitriles is 1. The van der Waals surface area contributed by atoms with Crippen LogP contribution in [-0.4, -0.2) is 48.0 Å². The van der Waals surface area contributed by atoms with Gasteiger partial charge in [-0.2, -0.15) is 5.26 Å². The normalized spacial score (nSPS) is 15.9. The van der Waals surface area contributed by atoms with Crippen LogP contribution in [0.15, 0.2) is 36.5 Å². The van der Waals surface area contributed by atoms with E-state index in [1.807, 2.05) is 6.92 Å². The highest BCUT2D eigenvalue weighted by Crippen LogP contribution is 2.23. The van der Waals surface area contributed by atoms with Crippen molar-refractivity contribution in [2.45, 2.75) is 13.0 Å². The number of rotatable bonds is 4. The summed E-state index contributed by atoms with van der Waals surface area (Å²) >= 11 is 5.97. The van der Waals surface area contributed by atoms with Crippen LogP contribution in [0.3, 0.4) is 0 Å². The molecule has 2 aromatic rings. The number of carbonyl (C=O) groups excluding carboxylic acids is 1. The number of amides is 1. The number of piperazine rings is 1. The summed E-state index contributed by atoms with van der Waals surface area (Å²) in [4.78, 5) is 21.0. The van der Waals surface area contributed by atoms with Crippen molar-refractivity contribution in [1.82, 2.24) is 9.88 Å². The number of halogens is 2. The lowest BCUT2D eigenvalue weighted by molar-refractivity contribution is -0.120. The van der Waals surface area contributed by atoms with Gasteiger partial charge in [0.2, 0.25) is 5.91 Å². The Balaban J connectivity index is 1.58. The molecule has 1 aromatic carbocycles.